The summed E-state index contributed by atoms with van der Waals surface area (Å²) in [5.74, 6) is 1.81. The van der Waals surface area contributed by atoms with Gasteiger partial charge in [0.25, 0.3) is 0 Å². The van der Waals surface area contributed by atoms with Crippen molar-refractivity contribution < 1.29 is 9.47 Å². The predicted molar refractivity (Wildman–Crippen MR) is 79.5 cm³/mol. The van der Waals surface area contributed by atoms with Crippen LogP contribution in [-0.2, 0) is 6.54 Å². The van der Waals surface area contributed by atoms with Gasteiger partial charge in [0.2, 0.25) is 0 Å². The van der Waals surface area contributed by atoms with E-state index in [0.717, 1.165) is 41.8 Å². The number of ether oxygens (including phenoxy) is 2. The Labute approximate surface area is 122 Å². The minimum absolute atomic E-state index is 0.288. The fourth-order valence-corrected chi connectivity index (χ4v) is 3.04. The van der Waals surface area contributed by atoms with Crippen molar-refractivity contribution in [2.24, 2.45) is 0 Å². The van der Waals surface area contributed by atoms with E-state index < -0.39 is 0 Å². The summed E-state index contributed by atoms with van der Waals surface area (Å²) in [6, 6.07) is 6.26. The molecule has 1 aromatic carbocycles. The molecule has 0 aliphatic carbocycles. The highest BCUT2D eigenvalue weighted by Crippen LogP contribution is 2.34. The Morgan fingerprint density at radius 3 is 3.15 bits per heavy atom. The lowest BCUT2D eigenvalue weighted by Gasteiger charge is -2.27. The summed E-state index contributed by atoms with van der Waals surface area (Å²) in [5.41, 5.74) is 2.27. The zero-order valence-electron chi connectivity index (χ0n) is 11.7. The van der Waals surface area contributed by atoms with Crippen LogP contribution in [0.3, 0.4) is 0 Å². The van der Waals surface area contributed by atoms with Gasteiger partial charge in [-0.2, -0.15) is 0 Å². The summed E-state index contributed by atoms with van der Waals surface area (Å²) < 4.78 is 11.0. The quantitative estimate of drug-likeness (QED) is 0.940. The second kappa shape index (κ2) is 5.81. The number of thiazole rings is 1. The van der Waals surface area contributed by atoms with Gasteiger partial charge in [-0.25, -0.2) is 4.98 Å². The van der Waals surface area contributed by atoms with Gasteiger partial charge in [-0.15, -0.1) is 11.3 Å². The predicted octanol–water partition coefficient (Wildman–Crippen LogP) is 3.07. The number of methoxy groups -OCH3 is 1. The smallest absolute Gasteiger partial charge is 0.124 e. The van der Waals surface area contributed by atoms with E-state index >= 15 is 0 Å². The monoisotopic (exact) mass is 290 g/mol. The van der Waals surface area contributed by atoms with E-state index in [1.807, 2.05) is 19.1 Å². The van der Waals surface area contributed by atoms with Gasteiger partial charge in [-0.1, -0.05) is 0 Å². The highest BCUT2D eigenvalue weighted by atomic mass is 32.1. The number of nitrogens with one attached hydrogen (secondary N) is 1. The molecule has 106 valence electrons. The maximum Gasteiger partial charge on any atom is 0.124 e. The highest BCUT2D eigenvalue weighted by Gasteiger charge is 2.21. The second-order valence-electron chi connectivity index (χ2n) is 4.83. The molecule has 1 aliphatic rings. The van der Waals surface area contributed by atoms with Gasteiger partial charge in [0, 0.05) is 30.0 Å². The average Bonchev–Trinajstić information content (AvgIpc) is 2.90. The Kier molecular flexibility index (Phi) is 3.89. The Bertz CT molecular complexity index is 597. The number of aromatic nitrogens is 1. The second-order valence-corrected chi connectivity index (χ2v) is 5.89. The molecule has 0 bridgehead atoms. The third kappa shape index (κ3) is 2.78. The molecular formula is C15H18N2O2S. The van der Waals surface area contributed by atoms with Crippen molar-refractivity contribution in [2.75, 3.05) is 13.7 Å². The molecule has 0 saturated carbocycles. The molecule has 0 spiro atoms. The number of nitrogens with zero attached hydrogens (tertiary/aromatic N) is 1. The van der Waals surface area contributed by atoms with Gasteiger partial charge >= 0.3 is 0 Å². The summed E-state index contributed by atoms with van der Waals surface area (Å²) in [5, 5.41) is 6.78. The fraction of sp³-hybridized carbons (Fsp3) is 0.400. The van der Waals surface area contributed by atoms with Crippen LogP contribution in [0.5, 0.6) is 11.5 Å². The van der Waals surface area contributed by atoms with Crippen LogP contribution >= 0.6 is 11.3 Å². The molecule has 20 heavy (non-hydrogen) atoms. The minimum atomic E-state index is 0.288. The molecule has 5 heteroatoms. The zero-order chi connectivity index (χ0) is 13.9. The number of hydrogen-bond acceptors (Lipinski definition) is 5. The van der Waals surface area contributed by atoms with Crippen LogP contribution < -0.4 is 14.8 Å². The van der Waals surface area contributed by atoms with E-state index in [-0.39, 0.29) is 6.04 Å². The zero-order valence-corrected chi connectivity index (χ0v) is 12.5. The summed E-state index contributed by atoms with van der Waals surface area (Å²) in [6.45, 7) is 3.56. The lowest BCUT2D eigenvalue weighted by atomic mass is 10.00. The van der Waals surface area contributed by atoms with Gasteiger partial charge in [0.05, 0.1) is 24.4 Å². The number of aryl methyl sites for hydroxylation is 1. The number of fused-ring (bicyclic) bond motifs is 1. The molecule has 1 aromatic heterocycles. The Hall–Kier alpha value is -1.59. The molecule has 1 unspecified atom stereocenters. The van der Waals surface area contributed by atoms with Crippen molar-refractivity contribution in [2.45, 2.75) is 25.9 Å². The first-order chi connectivity index (χ1) is 9.76. The van der Waals surface area contributed by atoms with Crippen molar-refractivity contribution in [1.29, 1.82) is 0 Å². The molecule has 1 atom stereocenters. The molecule has 0 fully saturated rings. The normalized spacial score (nSPS) is 17.4. The van der Waals surface area contributed by atoms with Gasteiger partial charge in [0.15, 0.2) is 0 Å². The first-order valence-electron chi connectivity index (χ1n) is 6.71. The van der Waals surface area contributed by atoms with Gasteiger partial charge in [-0.3, -0.25) is 0 Å². The molecule has 0 saturated heterocycles. The number of hydrogen-bond donors (Lipinski definition) is 1. The standard InChI is InChI=1S/C15H18N2O2S/c1-10-17-11(9-20-10)8-16-14-5-6-19-15-4-3-12(18-2)7-13(14)15/h3-4,7,9,14,16H,5-6,8H2,1-2H3. The van der Waals surface area contributed by atoms with Crippen molar-refractivity contribution in [3.05, 3.63) is 39.8 Å². The molecule has 1 aliphatic heterocycles. The third-order valence-electron chi connectivity index (χ3n) is 3.45. The van der Waals surface area contributed by atoms with Crippen LogP contribution in [0.2, 0.25) is 0 Å². The highest BCUT2D eigenvalue weighted by molar-refractivity contribution is 7.09. The average molecular weight is 290 g/mol. The summed E-state index contributed by atoms with van der Waals surface area (Å²) in [6.07, 6.45) is 0.962. The van der Waals surface area contributed by atoms with Gasteiger partial charge < -0.3 is 14.8 Å². The van der Waals surface area contributed by atoms with Crippen LogP contribution in [-0.4, -0.2) is 18.7 Å². The maximum absolute atomic E-state index is 5.70. The molecule has 1 N–H and O–H groups in total. The first kappa shape index (κ1) is 13.4. The van der Waals surface area contributed by atoms with Crippen LogP contribution in [0, 0.1) is 6.92 Å². The van der Waals surface area contributed by atoms with Crippen LogP contribution in [0.25, 0.3) is 0 Å². The fourth-order valence-electron chi connectivity index (χ4n) is 2.43. The van der Waals surface area contributed by atoms with E-state index in [1.54, 1.807) is 18.4 Å². The topological polar surface area (TPSA) is 43.4 Å². The van der Waals surface area contributed by atoms with E-state index in [1.165, 1.54) is 5.56 Å². The van der Waals surface area contributed by atoms with Crippen LogP contribution in [0.15, 0.2) is 23.6 Å². The summed E-state index contributed by atoms with van der Waals surface area (Å²) in [4.78, 5) is 4.48. The Balaban J connectivity index is 1.75. The molecule has 0 amide bonds. The summed E-state index contributed by atoms with van der Waals surface area (Å²) in [7, 11) is 1.69. The van der Waals surface area contributed by atoms with Crippen molar-refractivity contribution in [3.8, 4) is 11.5 Å². The largest absolute Gasteiger partial charge is 0.497 e. The van der Waals surface area contributed by atoms with E-state index in [2.05, 4.69) is 21.7 Å². The van der Waals surface area contributed by atoms with Crippen molar-refractivity contribution in [1.82, 2.24) is 10.3 Å². The molecule has 2 aromatic rings. The SMILES string of the molecule is COc1ccc2c(c1)C(NCc1csc(C)n1)CCO2. The molecule has 4 nitrogen and oxygen atoms in total. The van der Waals surface area contributed by atoms with Gasteiger partial charge in [-0.05, 0) is 25.1 Å². The van der Waals surface area contributed by atoms with Crippen LogP contribution in [0.4, 0.5) is 0 Å². The maximum atomic E-state index is 5.70. The molecule has 3 rings (SSSR count). The lowest BCUT2D eigenvalue weighted by molar-refractivity contribution is 0.251. The van der Waals surface area contributed by atoms with Crippen molar-refractivity contribution >= 4 is 11.3 Å². The molecular weight excluding hydrogens is 272 g/mol. The number of rotatable bonds is 4. The molecule has 2 heterocycles. The van der Waals surface area contributed by atoms with E-state index in [9.17, 15) is 0 Å². The minimum Gasteiger partial charge on any atom is -0.497 e. The Morgan fingerprint density at radius 1 is 1.50 bits per heavy atom. The lowest BCUT2D eigenvalue weighted by Crippen LogP contribution is -2.26. The van der Waals surface area contributed by atoms with Gasteiger partial charge in [0.1, 0.15) is 11.5 Å². The summed E-state index contributed by atoms with van der Waals surface area (Å²) >= 11 is 1.69. The molecule has 0 radical (unpaired) electrons. The van der Waals surface area contributed by atoms with Crippen LogP contribution in [0.1, 0.15) is 28.7 Å². The number of benzene rings is 1. The third-order valence-corrected chi connectivity index (χ3v) is 4.27. The van der Waals surface area contributed by atoms with E-state index in [4.69, 9.17) is 9.47 Å². The first-order valence-corrected chi connectivity index (χ1v) is 7.59. The Morgan fingerprint density at radius 2 is 2.40 bits per heavy atom. The van der Waals surface area contributed by atoms with Crippen molar-refractivity contribution in [3.63, 3.8) is 0 Å². The van der Waals surface area contributed by atoms with E-state index in [0.29, 0.717) is 0 Å².